The Labute approximate surface area is 142 Å². The molecule has 0 spiro atoms. The van der Waals surface area contributed by atoms with Crippen molar-refractivity contribution < 1.29 is 4.79 Å². The van der Waals surface area contributed by atoms with Crippen molar-refractivity contribution in [2.45, 2.75) is 13.8 Å². The molecule has 0 aliphatic heterocycles. The summed E-state index contributed by atoms with van der Waals surface area (Å²) in [5.74, 6) is -0.0163. The van der Waals surface area contributed by atoms with E-state index in [0.717, 1.165) is 22.3 Å². The average molecular weight is 318 g/mol. The van der Waals surface area contributed by atoms with E-state index in [2.05, 4.69) is 29.6 Å². The molecule has 1 amide bonds. The molecule has 3 aromatic rings. The summed E-state index contributed by atoms with van der Waals surface area (Å²) in [4.78, 5) is 14.4. The normalized spacial score (nSPS) is 10.6. The zero-order valence-electron chi connectivity index (χ0n) is 14.3. The second-order valence-corrected chi connectivity index (χ2v) is 6.22. The maximum atomic E-state index is 12.4. The number of rotatable bonds is 4. The summed E-state index contributed by atoms with van der Waals surface area (Å²) in [5.41, 5.74) is 4.20. The van der Waals surface area contributed by atoms with Crippen LogP contribution in [0.15, 0.2) is 60.7 Å². The number of nitrogens with zero attached hydrogens (tertiary/aromatic N) is 1. The van der Waals surface area contributed by atoms with Crippen LogP contribution in [-0.4, -0.2) is 19.5 Å². The number of nitrogens with one attached hydrogen (secondary N) is 1. The Morgan fingerprint density at radius 1 is 1.00 bits per heavy atom. The van der Waals surface area contributed by atoms with Crippen molar-refractivity contribution >= 4 is 28.1 Å². The summed E-state index contributed by atoms with van der Waals surface area (Å²) < 4.78 is 0. The standard InChI is InChI=1S/C21H22N2O/c1-15-11-12-19(16(2)13-15)22-21(24)14-23(3)20-10-6-8-17-7-4-5-9-18(17)20/h4-13H,14H2,1-3H3,(H,22,24). The van der Waals surface area contributed by atoms with E-state index in [0.29, 0.717) is 6.54 Å². The van der Waals surface area contributed by atoms with Gasteiger partial charge in [-0.05, 0) is 36.9 Å². The minimum absolute atomic E-state index is 0.0163. The summed E-state index contributed by atoms with van der Waals surface area (Å²) in [6.45, 7) is 4.37. The van der Waals surface area contributed by atoms with Gasteiger partial charge in [0.1, 0.15) is 0 Å². The minimum Gasteiger partial charge on any atom is -0.365 e. The van der Waals surface area contributed by atoms with E-state index < -0.39 is 0 Å². The van der Waals surface area contributed by atoms with Crippen LogP contribution in [-0.2, 0) is 4.79 Å². The Bertz CT molecular complexity index is 881. The van der Waals surface area contributed by atoms with Gasteiger partial charge in [-0.2, -0.15) is 0 Å². The van der Waals surface area contributed by atoms with Crippen molar-refractivity contribution in [2.75, 3.05) is 23.8 Å². The lowest BCUT2D eigenvalue weighted by atomic mass is 10.1. The molecule has 0 atom stereocenters. The van der Waals surface area contributed by atoms with Gasteiger partial charge in [0.15, 0.2) is 0 Å². The number of likely N-dealkylation sites (N-methyl/N-ethyl adjacent to an activating group) is 1. The van der Waals surface area contributed by atoms with Gasteiger partial charge >= 0.3 is 0 Å². The van der Waals surface area contributed by atoms with Crippen molar-refractivity contribution in [3.05, 3.63) is 71.8 Å². The van der Waals surface area contributed by atoms with Crippen LogP contribution in [0.1, 0.15) is 11.1 Å². The van der Waals surface area contributed by atoms with Crippen LogP contribution >= 0.6 is 0 Å². The Morgan fingerprint density at radius 2 is 1.75 bits per heavy atom. The highest BCUT2D eigenvalue weighted by atomic mass is 16.2. The lowest BCUT2D eigenvalue weighted by molar-refractivity contribution is -0.114. The third kappa shape index (κ3) is 3.40. The molecular formula is C21H22N2O. The molecule has 0 aliphatic carbocycles. The predicted octanol–water partition coefficient (Wildman–Crippen LogP) is 4.53. The second kappa shape index (κ2) is 6.75. The number of fused-ring (bicyclic) bond motifs is 1. The van der Waals surface area contributed by atoms with Crippen LogP contribution in [0.25, 0.3) is 10.8 Å². The van der Waals surface area contributed by atoms with Crippen molar-refractivity contribution in [2.24, 2.45) is 0 Å². The lowest BCUT2D eigenvalue weighted by Crippen LogP contribution is -2.30. The van der Waals surface area contributed by atoms with Gasteiger partial charge in [0.2, 0.25) is 5.91 Å². The zero-order chi connectivity index (χ0) is 17.1. The number of aryl methyl sites for hydroxylation is 2. The summed E-state index contributed by atoms with van der Waals surface area (Å²) in [6, 6.07) is 20.4. The molecule has 3 rings (SSSR count). The van der Waals surface area contributed by atoms with E-state index in [9.17, 15) is 4.79 Å². The summed E-state index contributed by atoms with van der Waals surface area (Å²) >= 11 is 0. The fourth-order valence-electron chi connectivity index (χ4n) is 2.99. The van der Waals surface area contributed by atoms with E-state index >= 15 is 0 Å². The largest absolute Gasteiger partial charge is 0.365 e. The highest BCUT2D eigenvalue weighted by Crippen LogP contribution is 2.25. The predicted molar refractivity (Wildman–Crippen MR) is 102 cm³/mol. The molecule has 0 saturated carbocycles. The van der Waals surface area contributed by atoms with Gasteiger partial charge in [-0.15, -0.1) is 0 Å². The van der Waals surface area contributed by atoms with E-state index in [4.69, 9.17) is 0 Å². The molecule has 24 heavy (non-hydrogen) atoms. The fourth-order valence-corrected chi connectivity index (χ4v) is 2.99. The molecule has 3 aromatic carbocycles. The SMILES string of the molecule is Cc1ccc(NC(=O)CN(C)c2cccc3ccccc23)c(C)c1. The van der Waals surface area contributed by atoms with Crippen LogP contribution in [0.2, 0.25) is 0 Å². The zero-order valence-corrected chi connectivity index (χ0v) is 14.3. The maximum Gasteiger partial charge on any atom is 0.243 e. The number of carbonyl (C=O) groups is 1. The van der Waals surface area contributed by atoms with Gasteiger partial charge in [0, 0.05) is 23.8 Å². The van der Waals surface area contributed by atoms with Crippen molar-refractivity contribution in [3.63, 3.8) is 0 Å². The molecule has 0 fully saturated rings. The van der Waals surface area contributed by atoms with Crippen molar-refractivity contribution in [3.8, 4) is 0 Å². The number of amides is 1. The Kier molecular flexibility index (Phi) is 4.52. The number of hydrogen-bond donors (Lipinski definition) is 1. The van der Waals surface area contributed by atoms with Gasteiger partial charge in [-0.1, -0.05) is 54.1 Å². The smallest absolute Gasteiger partial charge is 0.243 e. The lowest BCUT2D eigenvalue weighted by Gasteiger charge is -2.21. The molecule has 0 bridgehead atoms. The highest BCUT2D eigenvalue weighted by Gasteiger charge is 2.11. The minimum atomic E-state index is -0.0163. The van der Waals surface area contributed by atoms with Crippen LogP contribution in [0.3, 0.4) is 0 Å². The molecular weight excluding hydrogens is 296 g/mol. The summed E-state index contributed by atoms with van der Waals surface area (Å²) in [7, 11) is 1.95. The van der Waals surface area contributed by atoms with Crippen LogP contribution < -0.4 is 10.2 Å². The quantitative estimate of drug-likeness (QED) is 0.766. The molecule has 0 unspecified atom stereocenters. The molecule has 3 heteroatoms. The Hall–Kier alpha value is -2.81. The van der Waals surface area contributed by atoms with Crippen molar-refractivity contribution in [1.82, 2.24) is 0 Å². The first-order valence-corrected chi connectivity index (χ1v) is 8.10. The van der Waals surface area contributed by atoms with Crippen molar-refractivity contribution in [1.29, 1.82) is 0 Å². The second-order valence-electron chi connectivity index (χ2n) is 6.22. The van der Waals surface area contributed by atoms with E-state index in [1.165, 1.54) is 10.9 Å². The van der Waals surface area contributed by atoms with E-state index in [-0.39, 0.29) is 5.91 Å². The van der Waals surface area contributed by atoms with E-state index in [1.54, 1.807) is 0 Å². The molecule has 0 aromatic heterocycles. The monoisotopic (exact) mass is 318 g/mol. The average Bonchev–Trinajstić information content (AvgIpc) is 2.57. The molecule has 1 N–H and O–H groups in total. The van der Waals surface area contributed by atoms with Gasteiger partial charge in [0.25, 0.3) is 0 Å². The van der Waals surface area contributed by atoms with Gasteiger partial charge < -0.3 is 10.2 Å². The number of carbonyl (C=O) groups excluding carboxylic acids is 1. The number of hydrogen-bond acceptors (Lipinski definition) is 2. The van der Waals surface area contributed by atoms with Gasteiger partial charge in [-0.3, -0.25) is 4.79 Å². The van der Waals surface area contributed by atoms with Crippen LogP contribution in [0.4, 0.5) is 11.4 Å². The molecule has 0 saturated heterocycles. The van der Waals surface area contributed by atoms with Gasteiger partial charge in [-0.25, -0.2) is 0 Å². The number of benzene rings is 3. The molecule has 122 valence electrons. The highest BCUT2D eigenvalue weighted by molar-refractivity contribution is 5.98. The molecule has 0 aliphatic rings. The van der Waals surface area contributed by atoms with E-state index in [1.807, 2.05) is 62.2 Å². The molecule has 0 radical (unpaired) electrons. The summed E-state index contributed by atoms with van der Waals surface area (Å²) in [6.07, 6.45) is 0. The first-order chi connectivity index (χ1) is 11.5. The third-order valence-electron chi connectivity index (χ3n) is 4.21. The van der Waals surface area contributed by atoms with Crippen LogP contribution in [0.5, 0.6) is 0 Å². The third-order valence-corrected chi connectivity index (χ3v) is 4.21. The maximum absolute atomic E-state index is 12.4. The molecule has 0 heterocycles. The topological polar surface area (TPSA) is 32.3 Å². The van der Waals surface area contributed by atoms with Crippen LogP contribution in [0, 0.1) is 13.8 Å². The Balaban J connectivity index is 1.76. The number of anilines is 2. The first kappa shape index (κ1) is 16.1. The summed E-state index contributed by atoms with van der Waals surface area (Å²) in [5, 5.41) is 5.34. The molecule has 3 nitrogen and oxygen atoms in total. The van der Waals surface area contributed by atoms with Gasteiger partial charge in [0.05, 0.1) is 6.54 Å². The fraction of sp³-hybridized carbons (Fsp3) is 0.190. The Morgan fingerprint density at radius 3 is 2.54 bits per heavy atom. The first-order valence-electron chi connectivity index (χ1n) is 8.10.